The average molecular weight is 175 g/mol. The lowest BCUT2D eigenvalue weighted by molar-refractivity contribution is 0.281. The van der Waals surface area contributed by atoms with Gasteiger partial charge in [0.05, 0.1) is 13.2 Å². The summed E-state index contributed by atoms with van der Waals surface area (Å²) in [5.41, 5.74) is 8.17. The SMILES string of the molecule is Cc1c(C#CCN)cccc1CO. The second-order valence-corrected chi connectivity index (χ2v) is 2.75. The van der Waals surface area contributed by atoms with Gasteiger partial charge in [0, 0.05) is 5.56 Å². The number of aliphatic hydroxyl groups excluding tert-OH is 1. The zero-order chi connectivity index (χ0) is 9.68. The average Bonchev–Trinajstić information content (AvgIpc) is 2.16. The minimum absolute atomic E-state index is 0.0595. The number of rotatable bonds is 1. The highest BCUT2D eigenvalue weighted by atomic mass is 16.3. The summed E-state index contributed by atoms with van der Waals surface area (Å²) in [5.74, 6) is 5.75. The molecule has 13 heavy (non-hydrogen) atoms. The summed E-state index contributed by atoms with van der Waals surface area (Å²) < 4.78 is 0. The highest BCUT2D eigenvalue weighted by molar-refractivity contribution is 5.44. The molecule has 0 fully saturated rings. The van der Waals surface area contributed by atoms with Crippen molar-refractivity contribution in [1.29, 1.82) is 0 Å². The Balaban J connectivity index is 3.08. The molecule has 1 aromatic carbocycles. The Morgan fingerprint density at radius 3 is 2.85 bits per heavy atom. The number of benzene rings is 1. The summed E-state index contributed by atoms with van der Waals surface area (Å²) in [6, 6.07) is 5.71. The molecular weight excluding hydrogens is 162 g/mol. The second-order valence-electron chi connectivity index (χ2n) is 2.75. The van der Waals surface area contributed by atoms with E-state index in [9.17, 15) is 0 Å². The van der Waals surface area contributed by atoms with E-state index >= 15 is 0 Å². The van der Waals surface area contributed by atoms with E-state index in [4.69, 9.17) is 10.8 Å². The van der Waals surface area contributed by atoms with Gasteiger partial charge >= 0.3 is 0 Å². The monoisotopic (exact) mass is 175 g/mol. The van der Waals surface area contributed by atoms with Crippen LogP contribution < -0.4 is 5.73 Å². The minimum atomic E-state index is 0.0595. The van der Waals surface area contributed by atoms with Crippen molar-refractivity contribution in [3.63, 3.8) is 0 Å². The van der Waals surface area contributed by atoms with Crippen LogP contribution in [0, 0.1) is 18.8 Å². The summed E-state index contributed by atoms with van der Waals surface area (Å²) in [4.78, 5) is 0. The molecule has 0 radical (unpaired) electrons. The lowest BCUT2D eigenvalue weighted by Crippen LogP contribution is -1.95. The van der Waals surface area contributed by atoms with Crippen LogP contribution in [0.15, 0.2) is 18.2 Å². The van der Waals surface area contributed by atoms with Crippen LogP contribution in [0.25, 0.3) is 0 Å². The highest BCUT2D eigenvalue weighted by Crippen LogP contribution is 2.12. The van der Waals surface area contributed by atoms with Crippen molar-refractivity contribution in [1.82, 2.24) is 0 Å². The third kappa shape index (κ3) is 2.32. The molecule has 0 heterocycles. The summed E-state index contributed by atoms with van der Waals surface area (Å²) in [5, 5.41) is 9.00. The largest absolute Gasteiger partial charge is 0.392 e. The normalized spacial score (nSPS) is 9.15. The van der Waals surface area contributed by atoms with Crippen LogP contribution in [0.2, 0.25) is 0 Å². The topological polar surface area (TPSA) is 46.2 Å². The molecule has 0 aliphatic carbocycles. The summed E-state index contributed by atoms with van der Waals surface area (Å²) in [6.45, 7) is 2.37. The van der Waals surface area contributed by atoms with Crippen LogP contribution in [0.1, 0.15) is 16.7 Å². The van der Waals surface area contributed by atoms with Gasteiger partial charge in [0.25, 0.3) is 0 Å². The van der Waals surface area contributed by atoms with Crippen molar-refractivity contribution in [2.45, 2.75) is 13.5 Å². The predicted octanol–water partition coefficient (Wildman–Crippen LogP) is 0.798. The van der Waals surface area contributed by atoms with Crippen molar-refractivity contribution in [2.24, 2.45) is 5.73 Å². The molecule has 2 nitrogen and oxygen atoms in total. The molecule has 3 N–H and O–H groups in total. The fourth-order valence-electron chi connectivity index (χ4n) is 1.14. The van der Waals surface area contributed by atoms with Gasteiger partial charge in [0.15, 0.2) is 0 Å². The van der Waals surface area contributed by atoms with Crippen LogP contribution in [-0.2, 0) is 6.61 Å². The van der Waals surface area contributed by atoms with Gasteiger partial charge in [-0.1, -0.05) is 24.0 Å². The Hall–Kier alpha value is -1.30. The number of nitrogens with two attached hydrogens (primary N) is 1. The molecule has 0 saturated heterocycles. The molecular formula is C11H13NO. The van der Waals surface area contributed by atoms with Gasteiger partial charge in [-0.05, 0) is 24.1 Å². The molecule has 0 aromatic heterocycles. The molecule has 1 rings (SSSR count). The Bertz CT molecular complexity index is 347. The first kappa shape index (κ1) is 9.79. The molecule has 68 valence electrons. The van der Waals surface area contributed by atoms with Crippen LogP contribution in [0.5, 0.6) is 0 Å². The molecule has 0 spiro atoms. The first-order valence-corrected chi connectivity index (χ1v) is 4.18. The van der Waals surface area contributed by atoms with Crippen LogP contribution >= 0.6 is 0 Å². The Morgan fingerprint density at radius 2 is 2.23 bits per heavy atom. The third-order valence-electron chi connectivity index (χ3n) is 1.94. The van der Waals surface area contributed by atoms with Crippen LogP contribution in [0.4, 0.5) is 0 Å². The summed E-state index contributed by atoms with van der Waals surface area (Å²) >= 11 is 0. The van der Waals surface area contributed by atoms with Gasteiger partial charge in [-0.15, -0.1) is 0 Å². The van der Waals surface area contributed by atoms with Crippen molar-refractivity contribution in [3.05, 3.63) is 34.9 Å². The molecule has 0 aliphatic heterocycles. The molecule has 0 unspecified atom stereocenters. The van der Waals surface area contributed by atoms with E-state index < -0.39 is 0 Å². The van der Waals surface area contributed by atoms with E-state index in [0.717, 1.165) is 16.7 Å². The van der Waals surface area contributed by atoms with E-state index in [0.29, 0.717) is 6.54 Å². The summed E-state index contributed by atoms with van der Waals surface area (Å²) in [6.07, 6.45) is 0. The van der Waals surface area contributed by atoms with Crippen LogP contribution in [0.3, 0.4) is 0 Å². The van der Waals surface area contributed by atoms with Crippen LogP contribution in [-0.4, -0.2) is 11.7 Å². The smallest absolute Gasteiger partial charge is 0.0684 e. The molecule has 0 aliphatic rings. The number of hydrogen-bond acceptors (Lipinski definition) is 2. The molecule has 0 bridgehead atoms. The number of hydrogen-bond donors (Lipinski definition) is 2. The van der Waals surface area contributed by atoms with Crippen molar-refractivity contribution in [2.75, 3.05) is 6.54 Å². The maximum absolute atomic E-state index is 9.00. The molecule has 0 amide bonds. The van der Waals surface area contributed by atoms with Crippen molar-refractivity contribution < 1.29 is 5.11 Å². The highest BCUT2D eigenvalue weighted by Gasteiger charge is 1.99. The van der Waals surface area contributed by atoms with Gasteiger partial charge in [-0.25, -0.2) is 0 Å². The molecule has 0 atom stereocenters. The lowest BCUT2D eigenvalue weighted by atomic mass is 10.0. The Labute approximate surface area is 78.4 Å². The van der Waals surface area contributed by atoms with Gasteiger partial charge in [0.2, 0.25) is 0 Å². The van der Waals surface area contributed by atoms with E-state index in [1.165, 1.54) is 0 Å². The quantitative estimate of drug-likeness (QED) is 0.620. The maximum Gasteiger partial charge on any atom is 0.0684 e. The summed E-state index contributed by atoms with van der Waals surface area (Å²) in [7, 11) is 0. The van der Waals surface area contributed by atoms with Gasteiger partial charge < -0.3 is 10.8 Å². The zero-order valence-electron chi connectivity index (χ0n) is 7.67. The second kappa shape index (κ2) is 4.66. The number of aliphatic hydroxyl groups is 1. The molecule has 0 saturated carbocycles. The van der Waals surface area contributed by atoms with E-state index in [1.54, 1.807) is 0 Å². The third-order valence-corrected chi connectivity index (χ3v) is 1.94. The minimum Gasteiger partial charge on any atom is -0.392 e. The first-order chi connectivity index (χ1) is 6.29. The van der Waals surface area contributed by atoms with E-state index in [1.807, 2.05) is 25.1 Å². The van der Waals surface area contributed by atoms with Gasteiger partial charge in [0.1, 0.15) is 0 Å². The first-order valence-electron chi connectivity index (χ1n) is 4.18. The standard InChI is InChI=1S/C11H13NO/c1-9-10(6-3-7-12)4-2-5-11(9)8-13/h2,4-5,13H,7-8,12H2,1H3. The molecule has 2 heteroatoms. The lowest BCUT2D eigenvalue weighted by Gasteiger charge is -2.03. The molecule has 1 aromatic rings. The fraction of sp³-hybridized carbons (Fsp3) is 0.273. The van der Waals surface area contributed by atoms with Gasteiger partial charge in [-0.3, -0.25) is 0 Å². The fourth-order valence-corrected chi connectivity index (χ4v) is 1.14. The van der Waals surface area contributed by atoms with Crippen molar-refractivity contribution in [3.8, 4) is 11.8 Å². The van der Waals surface area contributed by atoms with E-state index in [-0.39, 0.29) is 6.61 Å². The Kier molecular flexibility index (Phi) is 3.51. The van der Waals surface area contributed by atoms with E-state index in [2.05, 4.69) is 11.8 Å². The Morgan fingerprint density at radius 1 is 1.46 bits per heavy atom. The van der Waals surface area contributed by atoms with Gasteiger partial charge in [-0.2, -0.15) is 0 Å². The predicted molar refractivity (Wildman–Crippen MR) is 53.0 cm³/mol. The van der Waals surface area contributed by atoms with Crippen molar-refractivity contribution >= 4 is 0 Å². The maximum atomic E-state index is 9.00. The zero-order valence-corrected chi connectivity index (χ0v) is 7.67.